The number of urea groups is 1. The summed E-state index contributed by atoms with van der Waals surface area (Å²) >= 11 is 0. The largest absolute Gasteiger partial charge is 0.474 e. The Morgan fingerprint density at radius 1 is 1.45 bits per heavy atom. The number of carbonyl (C=O) groups excluding carboxylic acids is 2. The highest BCUT2D eigenvalue weighted by atomic mass is 16.5. The topological polar surface area (TPSA) is 106 Å². The zero-order valence-corrected chi connectivity index (χ0v) is 12.7. The van der Waals surface area contributed by atoms with Gasteiger partial charge in [-0.05, 0) is 38.7 Å². The van der Waals surface area contributed by atoms with E-state index < -0.39 is 12.1 Å². The van der Waals surface area contributed by atoms with E-state index in [2.05, 4.69) is 15.6 Å². The zero-order chi connectivity index (χ0) is 15.9. The molecule has 0 saturated heterocycles. The SMILES string of the molecule is C[C@@H](NC(N)=O)C(=O)NCc1cccnc1OC1CCCC1. The molecule has 1 aliphatic rings. The summed E-state index contributed by atoms with van der Waals surface area (Å²) in [6.45, 7) is 1.86. The number of nitrogens with zero attached hydrogens (tertiary/aromatic N) is 1. The first-order valence-corrected chi connectivity index (χ1v) is 7.50. The van der Waals surface area contributed by atoms with Gasteiger partial charge < -0.3 is 21.1 Å². The smallest absolute Gasteiger partial charge is 0.312 e. The lowest BCUT2D eigenvalue weighted by Gasteiger charge is -2.16. The molecule has 0 unspecified atom stereocenters. The minimum Gasteiger partial charge on any atom is -0.474 e. The van der Waals surface area contributed by atoms with Gasteiger partial charge in [0.15, 0.2) is 0 Å². The van der Waals surface area contributed by atoms with Crippen LogP contribution in [0.3, 0.4) is 0 Å². The molecule has 7 nitrogen and oxygen atoms in total. The highest BCUT2D eigenvalue weighted by molar-refractivity contribution is 5.86. The third-order valence-corrected chi connectivity index (χ3v) is 3.64. The predicted octanol–water partition coefficient (Wildman–Crippen LogP) is 1.08. The number of rotatable bonds is 6. The summed E-state index contributed by atoms with van der Waals surface area (Å²) in [7, 11) is 0. The van der Waals surface area contributed by atoms with E-state index in [1.165, 1.54) is 12.8 Å². The summed E-state index contributed by atoms with van der Waals surface area (Å²) in [5.41, 5.74) is 5.81. The lowest BCUT2D eigenvalue weighted by Crippen LogP contribution is -2.46. The summed E-state index contributed by atoms with van der Waals surface area (Å²) in [4.78, 5) is 26.9. The minimum absolute atomic E-state index is 0.208. The molecule has 3 amide bonds. The number of primary amides is 1. The van der Waals surface area contributed by atoms with Crippen LogP contribution in [0.25, 0.3) is 0 Å². The Hall–Kier alpha value is -2.31. The lowest BCUT2D eigenvalue weighted by molar-refractivity contribution is -0.122. The molecule has 1 aromatic heterocycles. The lowest BCUT2D eigenvalue weighted by atomic mass is 10.2. The molecule has 22 heavy (non-hydrogen) atoms. The molecule has 0 spiro atoms. The van der Waals surface area contributed by atoms with Gasteiger partial charge in [0.25, 0.3) is 0 Å². The van der Waals surface area contributed by atoms with Crippen LogP contribution in [-0.2, 0) is 11.3 Å². The average Bonchev–Trinajstić information content (AvgIpc) is 2.98. The first kappa shape index (κ1) is 16.1. The number of aromatic nitrogens is 1. The van der Waals surface area contributed by atoms with E-state index in [-0.39, 0.29) is 12.0 Å². The van der Waals surface area contributed by atoms with Crippen LogP contribution in [-0.4, -0.2) is 29.1 Å². The Balaban J connectivity index is 1.91. The van der Waals surface area contributed by atoms with Crippen molar-refractivity contribution in [1.82, 2.24) is 15.6 Å². The van der Waals surface area contributed by atoms with E-state index in [1.54, 1.807) is 19.2 Å². The third kappa shape index (κ3) is 4.61. The fraction of sp³-hybridized carbons (Fsp3) is 0.533. The summed E-state index contributed by atoms with van der Waals surface area (Å²) < 4.78 is 5.91. The molecule has 0 radical (unpaired) electrons. The number of hydrogen-bond acceptors (Lipinski definition) is 4. The first-order chi connectivity index (χ1) is 10.6. The van der Waals surface area contributed by atoms with Crippen molar-refractivity contribution in [3.05, 3.63) is 23.9 Å². The van der Waals surface area contributed by atoms with E-state index in [9.17, 15) is 9.59 Å². The molecule has 2 rings (SSSR count). The van der Waals surface area contributed by atoms with Gasteiger partial charge in [0.2, 0.25) is 11.8 Å². The van der Waals surface area contributed by atoms with E-state index >= 15 is 0 Å². The highest BCUT2D eigenvalue weighted by Gasteiger charge is 2.19. The van der Waals surface area contributed by atoms with E-state index in [0.29, 0.717) is 12.4 Å². The van der Waals surface area contributed by atoms with Gasteiger partial charge in [-0.2, -0.15) is 0 Å². The van der Waals surface area contributed by atoms with Gasteiger partial charge >= 0.3 is 6.03 Å². The van der Waals surface area contributed by atoms with Crippen LogP contribution < -0.4 is 21.1 Å². The van der Waals surface area contributed by atoms with Gasteiger partial charge in [-0.1, -0.05) is 6.07 Å². The van der Waals surface area contributed by atoms with Crippen molar-refractivity contribution in [2.45, 2.75) is 51.3 Å². The number of nitrogens with two attached hydrogens (primary N) is 1. The van der Waals surface area contributed by atoms with Crippen LogP contribution in [0.5, 0.6) is 5.88 Å². The monoisotopic (exact) mass is 306 g/mol. The summed E-state index contributed by atoms with van der Waals surface area (Å²) in [6, 6.07) is 2.25. The molecule has 1 saturated carbocycles. The molecular weight excluding hydrogens is 284 g/mol. The summed E-state index contributed by atoms with van der Waals surface area (Å²) in [5.74, 6) is 0.250. The molecule has 7 heteroatoms. The number of carbonyl (C=O) groups is 2. The summed E-state index contributed by atoms with van der Waals surface area (Å²) in [6.07, 6.45) is 6.33. The number of ether oxygens (including phenoxy) is 1. The van der Waals surface area contributed by atoms with Gasteiger partial charge in [0.1, 0.15) is 12.1 Å². The van der Waals surface area contributed by atoms with Crippen LogP contribution in [0.1, 0.15) is 38.2 Å². The van der Waals surface area contributed by atoms with Crippen LogP contribution in [0.4, 0.5) is 4.79 Å². The molecule has 1 aliphatic carbocycles. The van der Waals surface area contributed by atoms with Crippen LogP contribution in [0, 0.1) is 0 Å². The van der Waals surface area contributed by atoms with Crippen molar-refractivity contribution in [3.63, 3.8) is 0 Å². The van der Waals surface area contributed by atoms with Crippen LogP contribution in [0.2, 0.25) is 0 Å². The van der Waals surface area contributed by atoms with Crippen molar-refractivity contribution in [1.29, 1.82) is 0 Å². The molecule has 1 aromatic rings. The van der Waals surface area contributed by atoms with E-state index in [1.807, 2.05) is 6.07 Å². The fourth-order valence-corrected chi connectivity index (χ4v) is 2.44. The second-order valence-electron chi connectivity index (χ2n) is 5.44. The van der Waals surface area contributed by atoms with Crippen molar-refractivity contribution in [3.8, 4) is 5.88 Å². The van der Waals surface area contributed by atoms with E-state index in [0.717, 1.165) is 18.4 Å². The number of hydrogen-bond donors (Lipinski definition) is 3. The quantitative estimate of drug-likeness (QED) is 0.731. The van der Waals surface area contributed by atoms with Gasteiger partial charge in [-0.3, -0.25) is 4.79 Å². The fourth-order valence-electron chi connectivity index (χ4n) is 2.44. The Bertz CT molecular complexity index is 529. The second-order valence-corrected chi connectivity index (χ2v) is 5.44. The highest BCUT2D eigenvalue weighted by Crippen LogP contribution is 2.24. The van der Waals surface area contributed by atoms with Gasteiger partial charge in [-0.15, -0.1) is 0 Å². The number of pyridine rings is 1. The van der Waals surface area contributed by atoms with Gasteiger partial charge in [0, 0.05) is 18.3 Å². The van der Waals surface area contributed by atoms with Crippen molar-refractivity contribution >= 4 is 11.9 Å². The van der Waals surface area contributed by atoms with Crippen LogP contribution in [0.15, 0.2) is 18.3 Å². The van der Waals surface area contributed by atoms with Crippen molar-refractivity contribution in [2.75, 3.05) is 0 Å². The van der Waals surface area contributed by atoms with Crippen molar-refractivity contribution in [2.24, 2.45) is 5.73 Å². The number of amides is 3. The Kier molecular flexibility index (Phi) is 5.57. The number of nitrogens with one attached hydrogen (secondary N) is 2. The first-order valence-electron chi connectivity index (χ1n) is 7.50. The second kappa shape index (κ2) is 7.63. The van der Waals surface area contributed by atoms with E-state index in [4.69, 9.17) is 10.5 Å². The van der Waals surface area contributed by atoms with Gasteiger partial charge in [0.05, 0.1) is 0 Å². The Labute approximate surface area is 129 Å². The normalized spacial score (nSPS) is 16.0. The minimum atomic E-state index is -0.728. The standard InChI is InChI=1S/C15H22N4O3/c1-10(19-15(16)21)13(20)18-9-11-5-4-8-17-14(11)22-12-6-2-3-7-12/h4-5,8,10,12H,2-3,6-7,9H2,1H3,(H,18,20)(H3,16,19,21)/t10-/m1/s1. The molecule has 0 aromatic carbocycles. The molecule has 1 heterocycles. The molecule has 1 fully saturated rings. The summed E-state index contributed by atoms with van der Waals surface area (Å²) in [5, 5.41) is 5.07. The van der Waals surface area contributed by atoms with Gasteiger partial charge in [-0.25, -0.2) is 9.78 Å². The Morgan fingerprint density at radius 3 is 2.86 bits per heavy atom. The molecule has 120 valence electrons. The molecule has 4 N–H and O–H groups in total. The van der Waals surface area contributed by atoms with Crippen LogP contribution >= 0.6 is 0 Å². The maximum absolute atomic E-state index is 11.9. The molecule has 1 atom stereocenters. The molecule has 0 bridgehead atoms. The Morgan fingerprint density at radius 2 is 2.18 bits per heavy atom. The van der Waals surface area contributed by atoms with Crippen molar-refractivity contribution < 1.29 is 14.3 Å². The molecule has 0 aliphatic heterocycles. The zero-order valence-electron chi connectivity index (χ0n) is 12.7. The molecular formula is C15H22N4O3. The average molecular weight is 306 g/mol. The predicted molar refractivity (Wildman–Crippen MR) is 81.1 cm³/mol. The maximum Gasteiger partial charge on any atom is 0.312 e. The third-order valence-electron chi connectivity index (χ3n) is 3.64. The maximum atomic E-state index is 11.9.